The highest BCUT2D eigenvalue weighted by atomic mass is 16.5. The number of nitrogens with one attached hydrogen (secondary N) is 1. The van der Waals surface area contributed by atoms with Crippen LogP contribution in [0.15, 0.2) is 18.2 Å². The molecule has 106 valence electrons. The third kappa shape index (κ3) is 3.48. The van der Waals surface area contributed by atoms with Gasteiger partial charge in [-0.2, -0.15) is 0 Å². The Morgan fingerprint density at radius 1 is 1.42 bits per heavy atom. The van der Waals surface area contributed by atoms with Gasteiger partial charge in [0.25, 0.3) is 0 Å². The summed E-state index contributed by atoms with van der Waals surface area (Å²) in [4.78, 5) is 0. The van der Waals surface area contributed by atoms with Crippen molar-refractivity contribution >= 4 is 0 Å². The molecule has 0 bridgehead atoms. The highest BCUT2D eigenvalue weighted by Gasteiger charge is 2.22. The first kappa shape index (κ1) is 14.4. The zero-order valence-electron chi connectivity index (χ0n) is 12.2. The Hall–Kier alpha value is -1.06. The van der Waals surface area contributed by atoms with Crippen LogP contribution >= 0.6 is 0 Å². The molecule has 3 nitrogen and oxygen atoms in total. The van der Waals surface area contributed by atoms with Crippen LogP contribution in [0.3, 0.4) is 0 Å². The van der Waals surface area contributed by atoms with Crippen molar-refractivity contribution in [1.82, 2.24) is 5.32 Å². The van der Waals surface area contributed by atoms with Gasteiger partial charge in [-0.15, -0.1) is 0 Å². The van der Waals surface area contributed by atoms with Crippen LogP contribution in [0.25, 0.3) is 0 Å². The molecule has 3 heteroatoms. The second-order valence-corrected chi connectivity index (χ2v) is 5.34. The van der Waals surface area contributed by atoms with E-state index in [2.05, 4.69) is 37.4 Å². The first-order valence-corrected chi connectivity index (χ1v) is 7.23. The smallest absolute Gasteiger partial charge is 0.127 e. The van der Waals surface area contributed by atoms with Crippen molar-refractivity contribution in [1.29, 1.82) is 0 Å². The molecule has 0 aromatic heterocycles. The maximum Gasteiger partial charge on any atom is 0.127 e. The minimum atomic E-state index is 0.350. The predicted octanol–water partition coefficient (Wildman–Crippen LogP) is 2.94. The summed E-state index contributed by atoms with van der Waals surface area (Å²) in [7, 11) is 1.77. The van der Waals surface area contributed by atoms with Crippen molar-refractivity contribution in [3.05, 3.63) is 29.3 Å². The van der Waals surface area contributed by atoms with Gasteiger partial charge in [0, 0.05) is 31.7 Å². The van der Waals surface area contributed by atoms with Crippen molar-refractivity contribution in [2.24, 2.45) is 5.92 Å². The van der Waals surface area contributed by atoms with Crippen molar-refractivity contribution in [3.8, 4) is 5.75 Å². The molecule has 0 radical (unpaired) electrons. The third-order valence-corrected chi connectivity index (χ3v) is 3.66. The van der Waals surface area contributed by atoms with E-state index >= 15 is 0 Å². The summed E-state index contributed by atoms with van der Waals surface area (Å²) in [6.45, 7) is 6.97. The first-order chi connectivity index (χ1) is 9.26. The van der Waals surface area contributed by atoms with Gasteiger partial charge in [-0.3, -0.25) is 0 Å². The average molecular weight is 263 g/mol. The molecule has 1 aliphatic heterocycles. The van der Waals surface area contributed by atoms with Gasteiger partial charge in [0.15, 0.2) is 0 Å². The maximum atomic E-state index is 5.83. The molecule has 1 aliphatic rings. The lowest BCUT2D eigenvalue weighted by molar-refractivity contribution is 0.149. The topological polar surface area (TPSA) is 30.5 Å². The number of rotatable bonds is 7. The van der Waals surface area contributed by atoms with Crippen molar-refractivity contribution < 1.29 is 9.47 Å². The Kier molecular flexibility index (Phi) is 5.23. The fourth-order valence-corrected chi connectivity index (χ4v) is 2.84. The zero-order valence-corrected chi connectivity index (χ0v) is 12.2. The average Bonchev–Trinajstić information content (AvgIpc) is 2.86. The molecule has 0 saturated carbocycles. The molecule has 2 rings (SSSR count). The Balaban J connectivity index is 2.17. The Morgan fingerprint density at radius 2 is 2.26 bits per heavy atom. The summed E-state index contributed by atoms with van der Waals surface area (Å²) in [6.07, 6.45) is 2.11. The van der Waals surface area contributed by atoms with E-state index in [1.54, 1.807) is 7.11 Å². The highest BCUT2D eigenvalue weighted by Crippen LogP contribution is 2.35. The number of hydrogen-bond acceptors (Lipinski definition) is 3. The van der Waals surface area contributed by atoms with Crippen LogP contribution in [0.5, 0.6) is 5.75 Å². The summed E-state index contributed by atoms with van der Waals surface area (Å²) in [6, 6.07) is 6.86. The molecule has 0 fully saturated rings. The van der Waals surface area contributed by atoms with Crippen molar-refractivity contribution in [2.45, 2.75) is 32.7 Å². The summed E-state index contributed by atoms with van der Waals surface area (Å²) < 4.78 is 11.1. The van der Waals surface area contributed by atoms with E-state index in [1.165, 1.54) is 11.1 Å². The SMILES string of the molecule is CCNC(CC(C)COC)c1cccc2c1OCC2. The molecular weight excluding hydrogens is 238 g/mol. The summed E-state index contributed by atoms with van der Waals surface area (Å²) in [5.41, 5.74) is 2.65. The fourth-order valence-electron chi connectivity index (χ4n) is 2.84. The minimum absolute atomic E-state index is 0.350. The van der Waals surface area contributed by atoms with Crippen LogP contribution in [0.1, 0.15) is 37.4 Å². The minimum Gasteiger partial charge on any atom is -0.493 e. The van der Waals surface area contributed by atoms with Gasteiger partial charge in [-0.1, -0.05) is 32.0 Å². The van der Waals surface area contributed by atoms with E-state index in [4.69, 9.17) is 9.47 Å². The normalized spacial score (nSPS) is 16.8. The molecule has 1 aromatic carbocycles. The number of methoxy groups -OCH3 is 1. The molecule has 0 aliphatic carbocycles. The molecule has 1 N–H and O–H groups in total. The van der Waals surface area contributed by atoms with Crippen LogP contribution in [-0.2, 0) is 11.2 Å². The lowest BCUT2D eigenvalue weighted by Crippen LogP contribution is -2.24. The lowest BCUT2D eigenvalue weighted by Gasteiger charge is -2.23. The maximum absolute atomic E-state index is 5.83. The largest absolute Gasteiger partial charge is 0.493 e. The van der Waals surface area contributed by atoms with Crippen LogP contribution < -0.4 is 10.1 Å². The number of fused-ring (bicyclic) bond motifs is 1. The van der Waals surface area contributed by atoms with E-state index in [0.717, 1.165) is 38.3 Å². The Labute approximate surface area is 116 Å². The molecule has 2 unspecified atom stereocenters. The van der Waals surface area contributed by atoms with E-state index in [1.807, 2.05) is 0 Å². The zero-order chi connectivity index (χ0) is 13.7. The van der Waals surface area contributed by atoms with Gasteiger partial charge in [-0.05, 0) is 24.4 Å². The van der Waals surface area contributed by atoms with Crippen LogP contribution in [0.2, 0.25) is 0 Å². The number of hydrogen-bond donors (Lipinski definition) is 1. The van der Waals surface area contributed by atoms with Gasteiger partial charge in [0.05, 0.1) is 6.61 Å². The van der Waals surface area contributed by atoms with E-state index in [-0.39, 0.29) is 0 Å². The molecule has 0 spiro atoms. The Bertz CT molecular complexity index is 406. The van der Waals surface area contributed by atoms with Crippen molar-refractivity contribution in [3.63, 3.8) is 0 Å². The van der Waals surface area contributed by atoms with Crippen LogP contribution in [-0.4, -0.2) is 26.9 Å². The summed E-state index contributed by atoms with van der Waals surface area (Å²) in [5, 5.41) is 3.58. The van der Waals surface area contributed by atoms with E-state index in [9.17, 15) is 0 Å². The Morgan fingerprint density at radius 3 is 3.00 bits per heavy atom. The lowest BCUT2D eigenvalue weighted by atomic mass is 9.94. The summed E-state index contributed by atoms with van der Waals surface area (Å²) >= 11 is 0. The molecule has 0 saturated heterocycles. The second-order valence-electron chi connectivity index (χ2n) is 5.34. The monoisotopic (exact) mass is 263 g/mol. The van der Waals surface area contributed by atoms with Crippen LogP contribution in [0.4, 0.5) is 0 Å². The number of benzene rings is 1. The van der Waals surface area contributed by atoms with Crippen LogP contribution in [0, 0.1) is 5.92 Å². The molecule has 1 aromatic rings. The second kappa shape index (κ2) is 6.92. The molecule has 19 heavy (non-hydrogen) atoms. The van der Waals surface area contributed by atoms with Gasteiger partial charge in [-0.25, -0.2) is 0 Å². The third-order valence-electron chi connectivity index (χ3n) is 3.66. The van der Waals surface area contributed by atoms with Gasteiger partial charge < -0.3 is 14.8 Å². The van der Waals surface area contributed by atoms with Gasteiger partial charge in [0.2, 0.25) is 0 Å². The van der Waals surface area contributed by atoms with Gasteiger partial charge >= 0.3 is 0 Å². The molecule has 2 atom stereocenters. The van der Waals surface area contributed by atoms with E-state index < -0.39 is 0 Å². The molecule has 0 amide bonds. The highest BCUT2D eigenvalue weighted by molar-refractivity contribution is 5.45. The fraction of sp³-hybridized carbons (Fsp3) is 0.625. The number of para-hydroxylation sites is 1. The summed E-state index contributed by atoms with van der Waals surface area (Å²) in [5.74, 6) is 1.64. The molecular formula is C16H25NO2. The van der Waals surface area contributed by atoms with Crippen molar-refractivity contribution in [2.75, 3.05) is 26.9 Å². The predicted molar refractivity (Wildman–Crippen MR) is 77.7 cm³/mol. The van der Waals surface area contributed by atoms with Gasteiger partial charge in [0.1, 0.15) is 5.75 Å². The molecule has 1 heterocycles. The number of ether oxygens (including phenoxy) is 2. The first-order valence-electron chi connectivity index (χ1n) is 7.23. The quantitative estimate of drug-likeness (QED) is 0.820. The van der Waals surface area contributed by atoms with E-state index in [0.29, 0.717) is 12.0 Å². The standard InChI is InChI=1S/C16H25NO2/c1-4-17-15(10-12(2)11-18-3)14-7-5-6-13-8-9-19-16(13)14/h5-7,12,15,17H,4,8-11H2,1-3H3.